The topological polar surface area (TPSA) is 57.3 Å². The quantitative estimate of drug-likeness (QED) is 0.871. The van der Waals surface area contributed by atoms with Gasteiger partial charge in [0.1, 0.15) is 0 Å². The molecule has 0 radical (unpaired) electrons. The van der Waals surface area contributed by atoms with E-state index in [1.807, 2.05) is 18.1 Å². The molecule has 0 saturated carbocycles. The molecule has 2 rings (SSSR count). The molecule has 5 nitrogen and oxygen atoms in total. The van der Waals surface area contributed by atoms with Gasteiger partial charge in [0.2, 0.25) is 5.91 Å². The summed E-state index contributed by atoms with van der Waals surface area (Å²) in [5.74, 6) is 0.602. The Balaban J connectivity index is 1.87. The van der Waals surface area contributed by atoms with E-state index in [1.165, 1.54) is 4.88 Å². The number of carbonyl (C=O) groups is 1. The molecule has 0 aromatic carbocycles. The van der Waals surface area contributed by atoms with E-state index in [0.717, 1.165) is 31.1 Å². The molecule has 0 bridgehead atoms. The minimum absolute atomic E-state index is 0.00686. The number of nitrogens with zero attached hydrogens (tertiary/aromatic N) is 2. The summed E-state index contributed by atoms with van der Waals surface area (Å²) in [4.78, 5) is 19.5. The van der Waals surface area contributed by atoms with E-state index >= 15 is 0 Å². The van der Waals surface area contributed by atoms with Gasteiger partial charge in [-0.25, -0.2) is 4.98 Å². The number of thiazole rings is 1. The van der Waals surface area contributed by atoms with E-state index in [9.17, 15) is 4.79 Å². The van der Waals surface area contributed by atoms with E-state index in [0.29, 0.717) is 18.5 Å². The predicted octanol–water partition coefficient (Wildman–Crippen LogP) is 1.89. The Hall–Kier alpha value is -0.980. The lowest BCUT2D eigenvalue weighted by Gasteiger charge is -2.20. The second kappa shape index (κ2) is 7.15. The fourth-order valence-electron chi connectivity index (χ4n) is 2.21. The molecule has 112 valence electrons. The summed E-state index contributed by atoms with van der Waals surface area (Å²) < 4.78 is 0. The smallest absolute Gasteiger partial charge is 0.240 e. The maximum atomic E-state index is 11.9. The number of hydrogen-bond acceptors (Lipinski definition) is 5. The second-order valence-corrected chi connectivity index (χ2v) is 6.71. The molecule has 1 saturated heterocycles. The highest BCUT2D eigenvalue weighted by Gasteiger charge is 2.18. The Morgan fingerprint density at radius 2 is 2.25 bits per heavy atom. The number of piperidine rings is 1. The molecule has 0 aliphatic carbocycles. The Labute approximate surface area is 124 Å². The van der Waals surface area contributed by atoms with E-state index in [1.54, 1.807) is 11.3 Å². The van der Waals surface area contributed by atoms with Gasteiger partial charge in [0.15, 0.2) is 5.13 Å². The van der Waals surface area contributed by atoms with Gasteiger partial charge in [0.05, 0.1) is 6.54 Å². The lowest BCUT2D eigenvalue weighted by Crippen LogP contribution is -2.34. The lowest BCUT2D eigenvalue weighted by atomic mass is 9.97. The minimum atomic E-state index is 0.00686. The van der Waals surface area contributed by atoms with Crippen LogP contribution < -0.4 is 10.6 Å². The molecule has 1 aliphatic rings. The monoisotopic (exact) mass is 296 g/mol. The molecule has 1 aliphatic heterocycles. The van der Waals surface area contributed by atoms with Crippen LogP contribution in [0, 0.1) is 0 Å². The third-order valence-electron chi connectivity index (χ3n) is 3.79. The van der Waals surface area contributed by atoms with E-state index in [-0.39, 0.29) is 5.91 Å². The molecule has 1 aromatic heterocycles. The van der Waals surface area contributed by atoms with Crippen LogP contribution in [-0.2, 0) is 4.79 Å². The first-order valence-corrected chi connectivity index (χ1v) is 8.04. The Bertz CT molecular complexity index is 440. The number of likely N-dealkylation sites (N-methyl/N-ethyl adjacent to an activating group) is 1. The third-order valence-corrected chi connectivity index (χ3v) is 4.86. The number of hydrogen-bond donors (Lipinski definition) is 2. The highest BCUT2D eigenvalue weighted by Crippen LogP contribution is 2.31. The SMILES string of the molecule is CC(C)N(C)CC(=O)Nc1ncc(C2CCNCC2)s1. The number of aromatic nitrogens is 1. The molecule has 2 N–H and O–H groups in total. The van der Waals surface area contributed by atoms with Crippen LogP contribution in [-0.4, -0.2) is 48.5 Å². The number of carbonyl (C=O) groups excluding carboxylic acids is 1. The van der Waals surface area contributed by atoms with Gasteiger partial charge < -0.3 is 10.6 Å². The van der Waals surface area contributed by atoms with E-state index < -0.39 is 0 Å². The molecule has 6 heteroatoms. The van der Waals surface area contributed by atoms with Gasteiger partial charge in [0.25, 0.3) is 0 Å². The van der Waals surface area contributed by atoms with Crippen molar-refractivity contribution in [3.63, 3.8) is 0 Å². The second-order valence-electron chi connectivity index (χ2n) is 5.65. The molecule has 0 spiro atoms. The van der Waals surface area contributed by atoms with Gasteiger partial charge in [0, 0.05) is 17.1 Å². The summed E-state index contributed by atoms with van der Waals surface area (Å²) in [6.45, 7) is 6.70. The van der Waals surface area contributed by atoms with Crippen molar-refractivity contribution >= 4 is 22.4 Å². The maximum Gasteiger partial charge on any atom is 0.240 e. The lowest BCUT2D eigenvalue weighted by molar-refractivity contribution is -0.117. The van der Waals surface area contributed by atoms with Crippen molar-refractivity contribution < 1.29 is 4.79 Å². The molecular formula is C14H24N4OS. The summed E-state index contributed by atoms with van der Waals surface area (Å²) >= 11 is 1.61. The number of rotatable bonds is 5. The predicted molar refractivity (Wildman–Crippen MR) is 83.4 cm³/mol. The van der Waals surface area contributed by atoms with Crippen LogP contribution in [0.3, 0.4) is 0 Å². The van der Waals surface area contributed by atoms with Crippen LogP contribution in [0.2, 0.25) is 0 Å². The fraction of sp³-hybridized carbons (Fsp3) is 0.714. The summed E-state index contributed by atoms with van der Waals surface area (Å²) in [7, 11) is 1.95. The minimum Gasteiger partial charge on any atom is -0.317 e. The first-order chi connectivity index (χ1) is 9.56. The molecule has 1 amide bonds. The highest BCUT2D eigenvalue weighted by molar-refractivity contribution is 7.15. The van der Waals surface area contributed by atoms with Crippen LogP contribution in [0.5, 0.6) is 0 Å². The van der Waals surface area contributed by atoms with Gasteiger partial charge in [-0.15, -0.1) is 11.3 Å². The van der Waals surface area contributed by atoms with Crippen LogP contribution >= 0.6 is 11.3 Å². The van der Waals surface area contributed by atoms with Crippen molar-refractivity contribution in [1.29, 1.82) is 0 Å². The Morgan fingerprint density at radius 1 is 1.55 bits per heavy atom. The van der Waals surface area contributed by atoms with Crippen LogP contribution in [0.4, 0.5) is 5.13 Å². The van der Waals surface area contributed by atoms with Gasteiger partial charge in [-0.05, 0) is 52.7 Å². The normalized spacial score (nSPS) is 16.9. The fourth-order valence-corrected chi connectivity index (χ4v) is 3.21. The molecule has 1 fully saturated rings. The molecular weight excluding hydrogens is 272 g/mol. The first-order valence-electron chi connectivity index (χ1n) is 7.23. The zero-order valence-electron chi connectivity index (χ0n) is 12.5. The summed E-state index contributed by atoms with van der Waals surface area (Å²) in [5.41, 5.74) is 0. The molecule has 2 heterocycles. The largest absolute Gasteiger partial charge is 0.317 e. The molecule has 0 atom stereocenters. The molecule has 1 aromatic rings. The third kappa shape index (κ3) is 4.26. The van der Waals surface area contributed by atoms with E-state index in [2.05, 4.69) is 29.5 Å². The number of amides is 1. The average molecular weight is 296 g/mol. The number of anilines is 1. The van der Waals surface area contributed by atoms with Crippen molar-refractivity contribution in [2.45, 2.75) is 38.6 Å². The zero-order chi connectivity index (χ0) is 14.5. The summed E-state index contributed by atoms with van der Waals surface area (Å²) in [6.07, 6.45) is 4.24. The van der Waals surface area contributed by atoms with Gasteiger partial charge in [-0.2, -0.15) is 0 Å². The number of nitrogens with one attached hydrogen (secondary N) is 2. The maximum absolute atomic E-state index is 11.9. The van der Waals surface area contributed by atoms with Crippen molar-refractivity contribution in [2.75, 3.05) is 32.0 Å². The molecule has 0 unspecified atom stereocenters. The van der Waals surface area contributed by atoms with Crippen molar-refractivity contribution in [1.82, 2.24) is 15.2 Å². The Kier molecular flexibility index (Phi) is 5.51. The van der Waals surface area contributed by atoms with Gasteiger partial charge in [-0.3, -0.25) is 9.69 Å². The van der Waals surface area contributed by atoms with Crippen molar-refractivity contribution in [3.05, 3.63) is 11.1 Å². The Morgan fingerprint density at radius 3 is 2.90 bits per heavy atom. The zero-order valence-corrected chi connectivity index (χ0v) is 13.3. The highest BCUT2D eigenvalue weighted by atomic mass is 32.1. The van der Waals surface area contributed by atoms with E-state index in [4.69, 9.17) is 0 Å². The van der Waals surface area contributed by atoms with Gasteiger partial charge in [-0.1, -0.05) is 0 Å². The summed E-state index contributed by atoms with van der Waals surface area (Å²) in [6, 6.07) is 0.363. The standard InChI is InChI=1S/C14H24N4OS/c1-10(2)18(3)9-13(19)17-14-16-8-12(20-14)11-4-6-15-7-5-11/h8,10-11,15H,4-7,9H2,1-3H3,(H,16,17,19). The molecule has 20 heavy (non-hydrogen) atoms. The van der Waals surface area contributed by atoms with Crippen molar-refractivity contribution in [3.8, 4) is 0 Å². The van der Waals surface area contributed by atoms with Gasteiger partial charge >= 0.3 is 0 Å². The van der Waals surface area contributed by atoms with Crippen LogP contribution in [0.1, 0.15) is 37.5 Å². The van der Waals surface area contributed by atoms with Crippen LogP contribution in [0.15, 0.2) is 6.20 Å². The summed E-state index contributed by atoms with van der Waals surface area (Å²) in [5, 5.41) is 6.99. The average Bonchev–Trinajstić information content (AvgIpc) is 2.88. The van der Waals surface area contributed by atoms with Crippen LogP contribution in [0.25, 0.3) is 0 Å². The van der Waals surface area contributed by atoms with Crippen molar-refractivity contribution in [2.24, 2.45) is 0 Å². The first kappa shape index (κ1) is 15.4.